The van der Waals surface area contributed by atoms with Crippen LogP contribution in [0.5, 0.6) is 5.75 Å². The largest absolute Gasteiger partial charge is 0.456 e. The lowest BCUT2D eigenvalue weighted by molar-refractivity contribution is 0.260. The van der Waals surface area contributed by atoms with Gasteiger partial charge < -0.3 is 9.64 Å². The van der Waals surface area contributed by atoms with Crippen LogP contribution in [0.2, 0.25) is 0 Å². The fourth-order valence-corrected chi connectivity index (χ4v) is 8.95. The van der Waals surface area contributed by atoms with Gasteiger partial charge in [0.1, 0.15) is 11.5 Å². The van der Waals surface area contributed by atoms with Gasteiger partial charge in [0.2, 0.25) is 0 Å². The lowest BCUT2D eigenvalue weighted by Gasteiger charge is -2.31. The maximum atomic E-state index is 6.65. The molecule has 1 unspecified atom stereocenters. The van der Waals surface area contributed by atoms with Gasteiger partial charge >= 0.3 is 0 Å². The van der Waals surface area contributed by atoms with Crippen LogP contribution < -0.4 is 9.64 Å². The first-order valence-electron chi connectivity index (χ1n) is 25.1. The molecule has 320 valence electrons. The number of unbranched alkanes of at least 4 members (excludes halogenated alkanes) is 30. The Hall–Kier alpha value is -2.00. The summed E-state index contributed by atoms with van der Waals surface area (Å²) >= 11 is 0. The number of hydrogen-bond acceptors (Lipinski definition) is 3. The second-order valence-electron chi connectivity index (χ2n) is 17.6. The van der Waals surface area contributed by atoms with Gasteiger partial charge in [0.15, 0.2) is 0 Å². The van der Waals surface area contributed by atoms with Gasteiger partial charge in [-0.3, -0.25) is 4.90 Å². The van der Waals surface area contributed by atoms with Gasteiger partial charge in [-0.1, -0.05) is 226 Å². The van der Waals surface area contributed by atoms with E-state index in [0.29, 0.717) is 6.04 Å². The van der Waals surface area contributed by atoms with Gasteiger partial charge in [-0.15, -0.1) is 0 Å². The zero-order chi connectivity index (χ0) is 39.7. The highest BCUT2D eigenvalue weighted by atomic mass is 16.5. The zero-order valence-electron chi connectivity index (χ0n) is 37.9. The predicted octanol–water partition coefficient (Wildman–Crippen LogP) is 17.0. The van der Waals surface area contributed by atoms with Crippen LogP contribution in [0.3, 0.4) is 0 Å². The number of hydrogen-bond donors (Lipinski definition) is 0. The molecule has 0 saturated heterocycles. The highest BCUT2D eigenvalue weighted by molar-refractivity contribution is 5.73. The molecule has 0 fully saturated rings. The SMILES string of the molecule is CCCCCCCCCCCCCCCCCCN(CC)c1ccc2c(c1)OC1=CC(N(CC)CCCCCCCCCCCCCCCCCC)C=CC1=C2. The Balaban J connectivity index is 1.26. The molecule has 3 nitrogen and oxygen atoms in total. The van der Waals surface area contributed by atoms with Crippen LogP contribution in [-0.4, -0.2) is 37.1 Å². The maximum Gasteiger partial charge on any atom is 0.136 e. The number of ether oxygens (including phenoxy) is 1. The summed E-state index contributed by atoms with van der Waals surface area (Å²) in [5.74, 6) is 2.05. The van der Waals surface area contributed by atoms with E-state index in [1.165, 1.54) is 229 Å². The van der Waals surface area contributed by atoms with E-state index in [1.807, 2.05) is 0 Å². The number of anilines is 1. The molecule has 0 amide bonds. The normalized spacial score (nSPS) is 14.8. The van der Waals surface area contributed by atoms with Crippen LogP contribution in [0.15, 0.2) is 47.8 Å². The number of fused-ring (bicyclic) bond motifs is 2. The Kier molecular flexibility index (Phi) is 28.4. The zero-order valence-corrected chi connectivity index (χ0v) is 37.9. The van der Waals surface area contributed by atoms with Crippen LogP contribution in [-0.2, 0) is 0 Å². The highest BCUT2D eigenvalue weighted by Crippen LogP contribution is 2.37. The van der Waals surface area contributed by atoms with E-state index in [4.69, 9.17) is 4.74 Å². The molecule has 0 aromatic heterocycles. The minimum atomic E-state index is 0.315. The Morgan fingerprint density at radius 3 is 1.34 bits per heavy atom. The minimum Gasteiger partial charge on any atom is -0.456 e. The first-order valence-corrected chi connectivity index (χ1v) is 25.1. The molecule has 1 heterocycles. The molecule has 0 saturated carbocycles. The first kappa shape index (κ1) is 48.4. The molecule has 1 aromatic carbocycles. The molecule has 0 radical (unpaired) electrons. The van der Waals surface area contributed by atoms with Crippen molar-refractivity contribution in [1.29, 1.82) is 0 Å². The van der Waals surface area contributed by atoms with Gasteiger partial charge in [0, 0.05) is 36.0 Å². The third-order valence-corrected chi connectivity index (χ3v) is 12.8. The standard InChI is InChI=1S/C53H92N2O/c1-5-9-11-13-15-17-19-21-23-25-27-29-31-33-35-37-43-54(7-3)50-41-39-48-45-49-40-42-51(47-53(49)56-52(48)46-50)55(8-4)44-38-36-34-32-30-28-26-24-22-20-18-16-14-12-10-6-2/h39-42,45-47,50H,5-38,43-44H2,1-4H3. The second kappa shape index (κ2) is 32.9. The molecular weight excluding hydrogens is 681 g/mol. The lowest BCUT2D eigenvalue weighted by atomic mass is 9.97. The number of rotatable bonds is 38. The van der Waals surface area contributed by atoms with Crippen molar-refractivity contribution >= 4 is 11.8 Å². The van der Waals surface area contributed by atoms with Gasteiger partial charge in [0.05, 0.1) is 6.04 Å². The summed E-state index contributed by atoms with van der Waals surface area (Å²) < 4.78 is 6.65. The Morgan fingerprint density at radius 1 is 0.482 bits per heavy atom. The van der Waals surface area contributed by atoms with Crippen molar-refractivity contribution < 1.29 is 4.74 Å². The molecule has 3 rings (SSSR count). The van der Waals surface area contributed by atoms with E-state index in [2.05, 4.69) is 80.0 Å². The third kappa shape index (κ3) is 21.1. The van der Waals surface area contributed by atoms with E-state index in [-0.39, 0.29) is 0 Å². The smallest absolute Gasteiger partial charge is 0.136 e. The molecular formula is C53H92N2O. The van der Waals surface area contributed by atoms with Crippen LogP contribution in [0.1, 0.15) is 239 Å². The molecule has 0 spiro atoms. The van der Waals surface area contributed by atoms with Crippen LogP contribution in [0.4, 0.5) is 5.69 Å². The van der Waals surface area contributed by atoms with Crippen molar-refractivity contribution in [1.82, 2.24) is 4.90 Å². The van der Waals surface area contributed by atoms with Gasteiger partial charge in [-0.25, -0.2) is 0 Å². The Morgan fingerprint density at radius 2 is 0.911 bits per heavy atom. The second-order valence-corrected chi connectivity index (χ2v) is 17.6. The minimum absolute atomic E-state index is 0.315. The fourth-order valence-electron chi connectivity index (χ4n) is 8.95. The summed E-state index contributed by atoms with van der Waals surface area (Å²) in [6, 6.07) is 7.17. The topological polar surface area (TPSA) is 15.7 Å². The molecule has 1 aromatic rings. The first-order chi connectivity index (χ1) is 27.7. The summed E-state index contributed by atoms with van der Waals surface area (Å²) in [6.07, 6.45) is 54.8. The quantitative estimate of drug-likeness (QED) is 0.0623. The van der Waals surface area contributed by atoms with E-state index in [9.17, 15) is 0 Å². The monoisotopic (exact) mass is 773 g/mol. The van der Waals surface area contributed by atoms with Crippen molar-refractivity contribution in [3.8, 4) is 5.75 Å². The van der Waals surface area contributed by atoms with E-state index in [1.54, 1.807) is 0 Å². The molecule has 1 aliphatic carbocycles. The summed E-state index contributed by atoms with van der Waals surface area (Å²) in [6.45, 7) is 13.6. The Bertz CT molecular complexity index is 1180. The summed E-state index contributed by atoms with van der Waals surface area (Å²) in [5, 5.41) is 0. The summed E-state index contributed by atoms with van der Waals surface area (Å²) in [5.41, 5.74) is 3.70. The third-order valence-electron chi connectivity index (χ3n) is 12.8. The van der Waals surface area contributed by atoms with E-state index in [0.717, 1.165) is 31.1 Å². The number of nitrogens with zero attached hydrogens (tertiary/aromatic N) is 2. The fraction of sp³-hybridized carbons (Fsp3) is 0.774. The average Bonchev–Trinajstić information content (AvgIpc) is 3.22. The van der Waals surface area contributed by atoms with Crippen LogP contribution in [0, 0.1) is 0 Å². The van der Waals surface area contributed by atoms with Crippen molar-refractivity contribution in [2.45, 2.75) is 239 Å². The van der Waals surface area contributed by atoms with Crippen molar-refractivity contribution in [2.75, 3.05) is 31.1 Å². The summed E-state index contributed by atoms with van der Waals surface area (Å²) in [4.78, 5) is 5.16. The summed E-state index contributed by atoms with van der Waals surface area (Å²) in [7, 11) is 0. The van der Waals surface area contributed by atoms with Gasteiger partial charge in [-0.2, -0.15) is 0 Å². The van der Waals surface area contributed by atoms with Gasteiger partial charge in [-0.05, 0) is 57.1 Å². The average molecular weight is 773 g/mol. The Labute approximate surface area is 349 Å². The van der Waals surface area contributed by atoms with Crippen molar-refractivity contribution in [3.05, 3.63) is 53.3 Å². The van der Waals surface area contributed by atoms with E-state index < -0.39 is 0 Å². The molecule has 2 aliphatic rings. The lowest BCUT2D eigenvalue weighted by Crippen LogP contribution is -2.35. The number of benzene rings is 1. The van der Waals surface area contributed by atoms with Crippen LogP contribution in [0.25, 0.3) is 6.08 Å². The molecule has 0 bridgehead atoms. The number of allylic oxidation sites excluding steroid dienone is 1. The van der Waals surface area contributed by atoms with Crippen molar-refractivity contribution in [2.24, 2.45) is 0 Å². The molecule has 0 N–H and O–H groups in total. The predicted molar refractivity (Wildman–Crippen MR) is 250 cm³/mol. The molecule has 1 aliphatic heterocycles. The van der Waals surface area contributed by atoms with E-state index >= 15 is 0 Å². The highest BCUT2D eigenvalue weighted by Gasteiger charge is 2.23. The van der Waals surface area contributed by atoms with Crippen LogP contribution >= 0.6 is 0 Å². The molecule has 1 atom stereocenters. The molecule has 3 heteroatoms. The maximum absolute atomic E-state index is 6.65. The molecule has 56 heavy (non-hydrogen) atoms. The number of likely N-dealkylation sites (N-methyl/N-ethyl adjacent to an activating group) is 1. The van der Waals surface area contributed by atoms with Crippen molar-refractivity contribution in [3.63, 3.8) is 0 Å². The van der Waals surface area contributed by atoms with Gasteiger partial charge in [0.25, 0.3) is 0 Å².